The molecule has 0 saturated heterocycles. The summed E-state index contributed by atoms with van der Waals surface area (Å²) in [6.45, 7) is 0. The molecule has 49 valence electrons. The van der Waals surface area contributed by atoms with Gasteiger partial charge in [-0.25, -0.2) is 10.3 Å². The van der Waals surface area contributed by atoms with Gasteiger partial charge in [-0.3, -0.25) is 0 Å². The number of benzene rings is 1. The first kappa shape index (κ1) is 5.29. The minimum Gasteiger partial charge on any atom is -0.506 e. The van der Waals surface area contributed by atoms with Gasteiger partial charge in [0.2, 0.25) is 0 Å². The Hall–Kier alpha value is -1.51. The van der Waals surface area contributed by atoms with Crippen LogP contribution in [0.3, 0.4) is 0 Å². The molecule has 0 aliphatic carbocycles. The number of rotatable bonds is 0. The first-order valence-electron chi connectivity index (χ1n) is 2.93. The normalized spacial score (nSPS) is 12.8. The van der Waals surface area contributed by atoms with Crippen LogP contribution in [0.25, 0.3) is 0 Å². The highest BCUT2D eigenvalue weighted by Gasteiger charge is 2.09. The van der Waals surface area contributed by atoms with Gasteiger partial charge in [0.05, 0.1) is 5.69 Å². The number of hydrogen-bond donors (Lipinski definition) is 1. The number of para-hydroxylation sites is 1. The molecule has 0 aromatic heterocycles. The summed E-state index contributed by atoms with van der Waals surface area (Å²) in [4.78, 5) is 3.86. The topological polar surface area (TPSA) is 46.7 Å². The van der Waals surface area contributed by atoms with Gasteiger partial charge in [-0.2, -0.15) is 0 Å². The number of hydrogen-bond acceptors (Lipinski definition) is 2. The highest BCUT2D eigenvalue weighted by Crippen LogP contribution is 2.36. The lowest BCUT2D eigenvalue weighted by Crippen LogP contribution is -1.83. The van der Waals surface area contributed by atoms with Gasteiger partial charge in [0.25, 0.3) is 0 Å². The number of nitrogens with zero attached hydrogens (tertiary/aromatic N) is 2. The van der Waals surface area contributed by atoms with Gasteiger partial charge in [-0.1, -0.05) is 6.07 Å². The van der Waals surface area contributed by atoms with E-state index < -0.39 is 0 Å². The largest absolute Gasteiger partial charge is 0.506 e. The molecule has 0 unspecified atom stereocenters. The van der Waals surface area contributed by atoms with Crippen molar-refractivity contribution in [3.63, 3.8) is 0 Å². The zero-order valence-corrected chi connectivity index (χ0v) is 5.15. The number of fused-ring (bicyclic) bond motifs is 1. The van der Waals surface area contributed by atoms with Crippen LogP contribution in [0.1, 0.15) is 0 Å². The minimum absolute atomic E-state index is 0.190. The Kier molecular flexibility index (Phi) is 0.917. The molecule has 1 heterocycles. The maximum absolute atomic E-state index is 9.16. The summed E-state index contributed by atoms with van der Waals surface area (Å²) in [5.41, 5.74) is 1.31. The van der Waals surface area contributed by atoms with Gasteiger partial charge in [0, 0.05) is 0 Å². The second-order valence-electron chi connectivity index (χ2n) is 2.02. The van der Waals surface area contributed by atoms with E-state index in [2.05, 4.69) is 10.3 Å². The predicted octanol–water partition coefficient (Wildman–Crippen LogP) is 1.30. The van der Waals surface area contributed by atoms with E-state index >= 15 is 0 Å². The van der Waals surface area contributed by atoms with Crippen LogP contribution in [0, 0.1) is 0 Å². The average molecular weight is 133 g/mol. The summed E-state index contributed by atoms with van der Waals surface area (Å²) in [7, 11) is 0. The zero-order chi connectivity index (χ0) is 6.97. The number of phenols is 1. The van der Waals surface area contributed by atoms with Crippen molar-refractivity contribution in [2.45, 2.75) is 0 Å². The molecule has 0 saturated carbocycles. The van der Waals surface area contributed by atoms with Crippen molar-refractivity contribution < 1.29 is 5.11 Å². The summed E-state index contributed by atoms with van der Waals surface area (Å²) in [5, 5.41) is 13.1. The van der Waals surface area contributed by atoms with Gasteiger partial charge >= 0.3 is 0 Å². The van der Waals surface area contributed by atoms with Crippen molar-refractivity contribution in [2.75, 3.05) is 0 Å². The lowest BCUT2D eigenvalue weighted by molar-refractivity contribution is 0.477. The van der Waals surface area contributed by atoms with E-state index in [-0.39, 0.29) is 5.75 Å². The van der Waals surface area contributed by atoms with Gasteiger partial charge < -0.3 is 5.11 Å². The second-order valence-corrected chi connectivity index (χ2v) is 2.02. The summed E-state index contributed by atoms with van der Waals surface area (Å²) in [6, 6.07) is 5.14. The van der Waals surface area contributed by atoms with Crippen LogP contribution in [0.2, 0.25) is 0 Å². The maximum atomic E-state index is 9.16. The molecule has 0 atom stereocenters. The molecule has 1 aliphatic rings. The molecule has 0 bridgehead atoms. The van der Waals surface area contributed by atoms with E-state index in [9.17, 15) is 0 Å². The highest BCUT2D eigenvalue weighted by molar-refractivity contribution is 5.84. The Bertz CT molecular complexity index is 294. The van der Waals surface area contributed by atoms with Crippen molar-refractivity contribution in [2.24, 2.45) is 4.99 Å². The van der Waals surface area contributed by atoms with Gasteiger partial charge in [-0.05, 0) is 12.1 Å². The fourth-order valence-electron chi connectivity index (χ4n) is 0.905. The monoisotopic (exact) mass is 133 g/mol. The Balaban J connectivity index is 2.67. The highest BCUT2D eigenvalue weighted by atomic mass is 16.3. The van der Waals surface area contributed by atoms with Crippen molar-refractivity contribution in [3.05, 3.63) is 18.2 Å². The van der Waals surface area contributed by atoms with Gasteiger partial charge in [-0.15, -0.1) is 0 Å². The second kappa shape index (κ2) is 1.73. The van der Waals surface area contributed by atoms with E-state index in [1.54, 1.807) is 12.1 Å². The van der Waals surface area contributed by atoms with Crippen LogP contribution in [-0.4, -0.2) is 11.4 Å². The average Bonchev–Trinajstić information content (AvgIpc) is 2.36. The van der Waals surface area contributed by atoms with E-state index in [1.165, 1.54) is 6.34 Å². The molecule has 1 aliphatic heterocycles. The number of aromatic hydroxyl groups is 1. The van der Waals surface area contributed by atoms with Crippen LogP contribution < -0.4 is 5.32 Å². The lowest BCUT2D eigenvalue weighted by Gasteiger charge is -1.95. The maximum Gasteiger partial charge on any atom is 0.143 e. The molecular weight excluding hydrogens is 128 g/mol. The molecule has 0 amide bonds. The fourth-order valence-corrected chi connectivity index (χ4v) is 0.905. The SMILES string of the molecule is Oc1cccc2c1N=C[N]2. The smallest absolute Gasteiger partial charge is 0.143 e. The van der Waals surface area contributed by atoms with Crippen LogP contribution in [0.4, 0.5) is 11.4 Å². The summed E-state index contributed by atoms with van der Waals surface area (Å²) < 4.78 is 0. The summed E-state index contributed by atoms with van der Waals surface area (Å²) >= 11 is 0. The molecule has 0 spiro atoms. The number of aliphatic imine (C=N–C) groups is 1. The molecule has 1 radical (unpaired) electrons. The third kappa shape index (κ3) is 0.572. The van der Waals surface area contributed by atoms with Crippen molar-refractivity contribution in [1.29, 1.82) is 0 Å². The third-order valence-corrected chi connectivity index (χ3v) is 1.38. The van der Waals surface area contributed by atoms with Crippen molar-refractivity contribution >= 4 is 17.7 Å². The molecule has 3 nitrogen and oxygen atoms in total. The van der Waals surface area contributed by atoms with Gasteiger partial charge in [0.15, 0.2) is 0 Å². The molecule has 1 aromatic carbocycles. The van der Waals surface area contributed by atoms with E-state index in [0.29, 0.717) is 5.69 Å². The van der Waals surface area contributed by atoms with Crippen LogP contribution in [0.15, 0.2) is 23.2 Å². The van der Waals surface area contributed by atoms with E-state index in [1.807, 2.05) is 6.07 Å². The first-order valence-corrected chi connectivity index (χ1v) is 2.93. The Labute approximate surface area is 58.0 Å². The minimum atomic E-state index is 0.190. The summed E-state index contributed by atoms with van der Waals surface area (Å²) in [5.74, 6) is 0.190. The quantitative estimate of drug-likeness (QED) is 0.569. The van der Waals surface area contributed by atoms with Crippen molar-refractivity contribution in [3.8, 4) is 5.75 Å². The molecule has 3 heteroatoms. The van der Waals surface area contributed by atoms with E-state index in [0.717, 1.165) is 5.69 Å². The van der Waals surface area contributed by atoms with Crippen LogP contribution >= 0.6 is 0 Å². The fraction of sp³-hybridized carbons (Fsp3) is 0. The first-order chi connectivity index (χ1) is 4.88. The Morgan fingerprint density at radius 3 is 3.00 bits per heavy atom. The van der Waals surface area contributed by atoms with Crippen molar-refractivity contribution in [1.82, 2.24) is 5.32 Å². The van der Waals surface area contributed by atoms with Crippen LogP contribution in [0.5, 0.6) is 5.75 Å². The van der Waals surface area contributed by atoms with Gasteiger partial charge in [0.1, 0.15) is 17.8 Å². The molecule has 10 heavy (non-hydrogen) atoms. The third-order valence-electron chi connectivity index (χ3n) is 1.38. The molecular formula is C7H5N2O. The zero-order valence-electron chi connectivity index (χ0n) is 5.15. The van der Waals surface area contributed by atoms with Crippen LogP contribution in [-0.2, 0) is 0 Å². The molecule has 2 rings (SSSR count). The predicted molar refractivity (Wildman–Crippen MR) is 38.1 cm³/mol. The molecule has 1 N–H and O–H groups in total. The number of phenolic OH excluding ortho intramolecular Hbond substituents is 1. The summed E-state index contributed by atoms with van der Waals surface area (Å²) in [6.07, 6.45) is 1.43. The molecule has 1 aromatic rings. The Morgan fingerprint density at radius 2 is 2.20 bits per heavy atom. The standard InChI is InChI=1S/C7H5N2O/c10-6-3-1-2-5-7(6)9-4-8-5/h1-4,10H. The molecule has 0 fully saturated rings. The lowest BCUT2D eigenvalue weighted by atomic mass is 10.2. The Morgan fingerprint density at radius 1 is 1.30 bits per heavy atom. The van der Waals surface area contributed by atoms with E-state index in [4.69, 9.17) is 5.11 Å².